The minimum Gasteiger partial charge on any atom is -0.341 e. The van der Waals surface area contributed by atoms with Crippen molar-refractivity contribution in [2.24, 2.45) is 5.73 Å². The third-order valence-electron chi connectivity index (χ3n) is 4.80. The van der Waals surface area contributed by atoms with E-state index in [2.05, 4.69) is 36.4 Å². The molecule has 1 saturated heterocycles. The van der Waals surface area contributed by atoms with Crippen LogP contribution >= 0.6 is 11.8 Å². The van der Waals surface area contributed by atoms with Crippen LogP contribution in [0.1, 0.15) is 29.9 Å². The van der Waals surface area contributed by atoms with Crippen LogP contribution < -0.4 is 5.73 Å². The molecule has 25 heavy (non-hydrogen) atoms. The van der Waals surface area contributed by atoms with Gasteiger partial charge in [0.05, 0.1) is 6.04 Å². The lowest BCUT2D eigenvalue weighted by Gasteiger charge is -2.33. The van der Waals surface area contributed by atoms with Crippen LogP contribution in [-0.4, -0.2) is 35.7 Å². The van der Waals surface area contributed by atoms with E-state index in [0.29, 0.717) is 11.7 Å². The van der Waals surface area contributed by atoms with E-state index in [0.717, 1.165) is 31.7 Å². The second-order valence-electron chi connectivity index (χ2n) is 6.62. The predicted molar refractivity (Wildman–Crippen MR) is 106 cm³/mol. The van der Waals surface area contributed by atoms with Crippen molar-refractivity contribution in [2.75, 3.05) is 18.8 Å². The van der Waals surface area contributed by atoms with Gasteiger partial charge in [-0.3, -0.25) is 4.79 Å². The minimum absolute atomic E-state index is 0.104. The molecular weight excluding hydrogens is 328 g/mol. The Labute approximate surface area is 154 Å². The molecule has 132 valence electrons. The van der Waals surface area contributed by atoms with E-state index >= 15 is 0 Å². The highest BCUT2D eigenvalue weighted by atomic mass is 32.2. The molecule has 0 aromatic heterocycles. The third kappa shape index (κ3) is 5.10. The van der Waals surface area contributed by atoms with Gasteiger partial charge in [0.2, 0.25) is 5.91 Å². The fourth-order valence-electron chi connectivity index (χ4n) is 3.34. The standard InChI is InChI=1S/C21H26N2OS/c22-20(16-25-15-17-7-3-1-4-8-17)21(24)23-13-11-19(12-14-23)18-9-5-2-6-10-18/h1-10,19-20H,11-16,22H2/t20-/m0/s1. The maximum Gasteiger partial charge on any atom is 0.240 e. The predicted octanol–water partition coefficient (Wildman–Crippen LogP) is 3.65. The Balaban J connectivity index is 1.42. The summed E-state index contributed by atoms with van der Waals surface area (Å²) < 4.78 is 0. The summed E-state index contributed by atoms with van der Waals surface area (Å²) in [7, 11) is 0. The third-order valence-corrected chi connectivity index (χ3v) is 5.94. The van der Waals surface area contributed by atoms with Crippen molar-refractivity contribution in [3.63, 3.8) is 0 Å². The Morgan fingerprint density at radius 3 is 2.28 bits per heavy atom. The van der Waals surface area contributed by atoms with Gasteiger partial charge in [-0.25, -0.2) is 0 Å². The molecule has 4 heteroatoms. The van der Waals surface area contributed by atoms with Gasteiger partial charge in [-0.15, -0.1) is 0 Å². The molecule has 1 aliphatic rings. The van der Waals surface area contributed by atoms with Crippen molar-refractivity contribution in [2.45, 2.75) is 30.6 Å². The molecule has 1 atom stereocenters. The van der Waals surface area contributed by atoms with Gasteiger partial charge in [-0.05, 0) is 29.9 Å². The second kappa shape index (κ2) is 9.07. The van der Waals surface area contributed by atoms with Crippen LogP contribution in [0.3, 0.4) is 0 Å². The average molecular weight is 355 g/mol. The Morgan fingerprint density at radius 2 is 1.64 bits per heavy atom. The number of amides is 1. The van der Waals surface area contributed by atoms with Crippen LogP contribution in [0.15, 0.2) is 60.7 Å². The second-order valence-corrected chi connectivity index (χ2v) is 7.65. The summed E-state index contributed by atoms with van der Waals surface area (Å²) in [6.45, 7) is 1.63. The maximum absolute atomic E-state index is 12.6. The topological polar surface area (TPSA) is 46.3 Å². The first-order valence-corrected chi connectivity index (χ1v) is 10.1. The summed E-state index contributed by atoms with van der Waals surface area (Å²) in [6, 6.07) is 20.5. The number of piperidine rings is 1. The molecule has 3 rings (SSSR count). The molecule has 2 N–H and O–H groups in total. The van der Waals surface area contributed by atoms with Crippen molar-refractivity contribution in [3.05, 3.63) is 71.8 Å². The molecule has 0 bridgehead atoms. The van der Waals surface area contributed by atoms with Gasteiger partial charge < -0.3 is 10.6 Å². The molecule has 1 amide bonds. The molecule has 3 nitrogen and oxygen atoms in total. The summed E-state index contributed by atoms with van der Waals surface area (Å²) in [6.07, 6.45) is 2.05. The van der Waals surface area contributed by atoms with E-state index in [9.17, 15) is 4.79 Å². The van der Waals surface area contributed by atoms with Gasteiger partial charge in [0.15, 0.2) is 0 Å². The number of rotatable bonds is 6. The van der Waals surface area contributed by atoms with Gasteiger partial charge in [0.25, 0.3) is 0 Å². The van der Waals surface area contributed by atoms with Crippen molar-refractivity contribution < 1.29 is 4.79 Å². The summed E-state index contributed by atoms with van der Waals surface area (Å²) in [5.74, 6) is 2.24. The van der Waals surface area contributed by atoms with E-state index in [1.165, 1.54) is 11.1 Å². The first-order valence-electron chi connectivity index (χ1n) is 8.95. The van der Waals surface area contributed by atoms with E-state index in [-0.39, 0.29) is 5.91 Å². The molecule has 0 unspecified atom stereocenters. The molecule has 0 saturated carbocycles. The molecule has 1 heterocycles. The quantitative estimate of drug-likeness (QED) is 0.861. The number of likely N-dealkylation sites (tertiary alicyclic amines) is 1. The first kappa shape index (κ1) is 18.0. The van der Waals surface area contributed by atoms with E-state index in [4.69, 9.17) is 5.73 Å². The van der Waals surface area contributed by atoms with Crippen molar-refractivity contribution in [3.8, 4) is 0 Å². The summed E-state index contributed by atoms with van der Waals surface area (Å²) >= 11 is 1.73. The SMILES string of the molecule is N[C@@H](CSCc1ccccc1)C(=O)N1CCC(c2ccccc2)CC1. The molecule has 0 spiro atoms. The Bertz CT molecular complexity index is 654. The van der Waals surface area contributed by atoms with Crippen LogP contribution in [0.25, 0.3) is 0 Å². The number of nitrogens with two attached hydrogens (primary N) is 1. The van der Waals surface area contributed by atoms with E-state index in [1.807, 2.05) is 29.2 Å². The van der Waals surface area contributed by atoms with Crippen LogP contribution in [-0.2, 0) is 10.5 Å². The number of thioether (sulfide) groups is 1. The Kier molecular flexibility index (Phi) is 6.54. The van der Waals surface area contributed by atoms with Crippen LogP contribution in [0, 0.1) is 0 Å². The van der Waals surface area contributed by atoms with Crippen molar-refractivity contribution in [1.82, 2.24) is 4.90 Å². The molecule has 2 aromatic rings. The van der Waals surface area contributed by atoms with Crippen LogP contribution in [0.2, 0.25) is 0 Å². The van der Waals surface area contributed by atoms with Crippen LogP contribution in [0.5, 0.6) is 0 Å². The van der Waals surface area contributed by atoms with Gasteiger partial charge >= 0.3 is 0 Å². The molecular formula is C21H26N2OS. The largest absolute Gasteiger partial charge is 0.341 e. The van der Waals surface area contributed by atoms with E-state index in [1.54, 1.807) is 11.8 Å². The van der Waals surface area contributed by atoms with Gasteiger partial charge in [0.1, 0.15) is 0 Å². The number of hydrogen-bond donors (Lipinski definition) is 1. The smallest absolute Gasteiger partial charge is 0.240 e. The first-order chi connectivity index (χ1) is 12.2. The van der Waals surface area contributed by atoms with Crippen molar-refractivity contribution in [1.29, 1.82) is 0 Å². The minimum atomic E-state index is -0.401. The normalized spacial score (nSPS) is 16.6. The molecule has 2 aromatic carbocycles. The number of carbonyl (C=O) groups excluding carboxylic acids is 1. The Morgan fingerprint density at radius 1 is 1.04 bits per heavy atom. The van der Waals surface area contributed by atoms with Crippen molar-refractivity contribution >= 4 is 17.7 Å². The lowest BCUT2D eigenvalue weighted by Crippen LogP contribution is -2.48. The fraction of sp³-hybridized carbons (Fsp3) is 0.381. The number of benzene rings is 2. The lowest BCUT2D eigenvalue weighted by molar-refractivity contribution is -0.133. The Hall–Kier alpha value is -1.78. The van der Waals surface area contributed by atoms with E-state index < -0.39 is 6.04 Å². The highest BCUT2D eigenvalue weighted by Gasteiger charge is 2.26. The lowest BCUT2D eigenvalue weighted by atomic mass is 9.89. The average Bonchev–Trinajstić information content (AvgIpc) is 2.69. The zero-order valence-electron chi connectivity index (χ0n) is 14.5. The van der Waals surface area contributed by atoms with Gasteiger partial charge in [-0.1, -0.05) is 60.7 Å². The summed E-state index contributed by atoms with van der Waals surface area (Å²) in [5, 5.41) is 0. The molecule has 0 radical (unpaired) electrons. The zero-order valence-corrected chi connectivity index (χ0v) is 15.3. The number of hydrogen-bond acceptors (Lipinski definition) is 3. The summed E-state index contributed by atoms with van der Waals surface area (Å²) in [5.41, 5.74) is 8.81. The number of nitrogens with zero attached hydrogens (tertiary/aromatic N) is 1. The zero-order chi connectivity index (χ0) is 17.5. The molecule has 0 aliphatic carbocycles. The monoisotopic (exact) mass is 354 g/mol. The van der Waals surface area contributed by atoms with Gasteiger partial charge in [-0.2, -0.15) is 11.8 Å². The molecule has 1 aliphatic heterocycles. The number of carbonyl (C=O) groups is 1. The van der Waals surface area contributed by atoms with Gasteiger partial charge in [0, 0.05) is 24.6 Å². The van der Waals surface area contributed by atoms with Crippen LogP contribution in [0.4, 0.5) is 0 Å². The fourth-order valence-corrected chi connectivity index (χ4v) is 4.28. The molecule has 1 fully saturated rings. The highest BCUT2D eigenvalue weighted by Crippen LogP contribution is 2.28. The summed E-state index contributed by atoms with van der Waals surface area (Å²) in [4.78, 5) is 14.5. The highest BCUT2D eigenvalue weighted by molar-refractivity contribution is 7.98. The maximum atomic E-state index is 12.6.